The quantitative estimate of drug-likeness (QED) is 0.108. The van der Waals surface area contributed by atoms with Crippen molar-refractivity contribution in [3.63, 3.8) is 0 Å². The van der Waals surface area contributed by atoms with Crippen LogP contribution in [0.2, 0.25) is 5.02 Å². The average Bonchev–Trinajstić information content (AvgIpc) is 3.25. The number of benzene rings is 2. The Hall–Kier alpha value is -3.64. The number of hydrogen-bond donors (Lipinski definition) is 1. The molecular weight excluding hydrogens is 655 g/mol. The second kappa shape index (κ2) is 16.0. The molecule has 1 N–H and O–H groups in total. The van der Waals surface area contributed by atoms with Crippen LogP contribution in [0.5, 0.6) is 17.4 Å². The molecule has 1 heterocycles. The summed E-state index contributed by atoms with van der Waals surface area (Å²) in [4.78, 5) is 21.1. The van der Waals surface area contributed by atoms with E-state index in [2.05, 4.69) is 27.7 Å². The van der Waals surface area contributed by atoms with E-state index in [-0.39, 0.29) is 34.5 Å². The van der Waals surface area contributed by atoms with E-state index in [0.29, 0.717) is 42.9 Å². The Balaban J connectivity index is 1.51. The Bertz CT molecular complexity index is 1710. The summed E-state index contributed by atoms with van der Waals surface area (Å²) < 4.78 is 78.9. The molecule has 0 saturated heterocycles. The number of ketones is 1. The molecule has 8 nitrogen and oxygen atoms in total. The zero-order valence-corrected chi connectivity index (χ0v) is 28.2. The van der Waals surface area contributed by atoms with Crippen LogP contribution in [-0.4, -0.2) is 37.0 Å². The number of alkyl halides is 3. The monoisotopic (exact) mass is 693 g/mol. The molecule has 47 heavy (non-hydrogen) atoms. The van der Waals surface area contributed by atoms with Gasteiger partial charge in [0.1, 0.15) is 17.1 Å². The van der Waals surface area contributed by atoms with Crippen molar-refractivity contribution >= 4 is 33.1 Å². The predicted octanol–water partition coefficient (Wildman–Crippen LogP) is 8.99. The van der Waals surface area contributed by atoms with Crippen molar-refractivity contribution in [1.82, 2.24) is 9.97 Å². The molecule has 2 aromatic carbocycles. The first kappa shape index (κ1) is 36.2. The van der Waals surface area contributed by atoms with Crippen LogP contribution >= 0.6 is 11.6 Å². The number of nitrogens with one attached hydrogen (secondary N) is 1. The number of carbonyl (C=O) groups is 1. The number of aromatic nitrogens is 2. The van der Waals surface area contributed by atoms with Gasteiger partial charge in [-0.3, -0.25) is 9.52 Å². The molecule has 4 rings (SSSR count). The number of nitrogens with zero attached hydrogens (tertiary/aromatic N) is 2. The lowest BCUT2D eigenvalue weighted by molar-refractivity contribution is -0.139. The zero-order valence-electron chi connectivity index (χ0n) is 26.6. The second-order valence-electron chi connectivity index (χ2n) is 11.6. The van der Waals surface area contributed by atoms with Gasteiger partial charge >= 0.3 is 6.18 Å². The largest absolute Gasteiger partial charge is 0.494 e. The molecule has 254 valence electrons. The first-order valence-electron chi connectivity index (χ1n) is 15.6. The van der Waals surface area contributed by atoms with Crippen LogP contribution < -0.4 is 14.2 Å². The smallest absolute Gasteiger partial charge is 0.423 e. The summed E-state index contributed by atoms with van der Waals surface area (Å²) in [5.74, 6) is -0.0274. The molecule has 1 saturated carbocycles. The van der Waals surface area contributed by atoms with E-state index in [1.165, 1.54) is 23.8 Å². The molecule has 13 heteroatoms. The number of carbonyl (C=O) groups excluding carboxylic acids is 1. The standard InChI is InChI=1S/C34H39ClF3N3O5S/c1-4-22-8-6-9-23(13-12-22)14-18-29(42)25-16-15-24(30(20-25)45-5-2)17-19-31-39-21-26(34(36,37)38)33(40-31)46-32-27(35)10-7-11-28(32)41-47(3,43)44/h4,7,10-11,15-16,20-21,23,41H,5-6,8-9,12-14,17-19H2,1-3H3. The summed E-state index contributed by atoms with van der Waals surface area (Å²) in [7, 11) is -3.80. The summed E-state index contributed by atoms with van der Waals surface area (Å²) >= 11 is 6.19. The van der Waals surface area contributed by atoms with Crippen molar-refractivity contribution in [3.8, 4) is 17.4 Å². The molecular formula is C34H39ClF3N3O5S. The predicted molar refractivity (Wildman–Crippen MR) is 176 cm³/mol. The van der Waals surface area contributed by atoms with Gasteiger partial charge in [-0.25, -0.2) is 13.4 Å². The zero-order chi connectivity index (χ0) is 34.2. The maximum Gasteiger partial charge on any atom is 0.423 e. The molecule has 3 aromatic rings. The fourth-order valence-corrected chi connectivity index (χ4v) is 6.36. The Morgan fingerprint density at radius 3 is 2.64 bits per heavy atom. The Morgan fingerprint density at radius 2 is 1.94 bits per heavy atom. The summed E-state index contributed by atoms with van der Waals surface area (Å²) in [5.41, 5.74) is 1.39. The fraction of sp³-hybridized carbons (Fsp3) is 0.441. The molecule has 0 bridgehead atoms. The first-order chi connectivity index (χ1) is 22.3. The maximum absolute atomic E-state index is 13.9. The van der Waals surface area contributed by atoms with E-state index in [1.807, 2.05) is 6.92 Å². The number of para-hydroxylation sites is 1. The third-order valence-corrected chi connectivity index (χ3v) is 8.94. The van der Waals surface area contributed by atoms with Crippen molar-refractivity contribution in [2.24, 2.45) is 5.92 Å². The minimum Gasteiger partial charge on any atom is -0.494 e. The SMILES string of the molecule is CC=C1CCCC(CCC(=O)c2ccc(CCc3ncc(C(F)(F)F)c(Oc4c(Cl)cccc4NS(C)(=O)=O)n3)c(OCC)c2)CC1. The van der Waals surface area contributed by atoms with Crippen LogP contribution in [0.1, 0.15) is 86.1 Å². The molecule has 0 aliphatic heterocycles. The van der Waals surface area contributed by atoms with Crippen molar-refractivity contribution < 1.29 is 35.9 Å². The molecule has 1 unspecified atom stereocenters. The van der Waals surface area contributed by atoms with Crippen molar-refractivity contribution in [3.05, 3.63) is 81.8 Å². The number of anilines is 1. The normalized spacial score (nSPS) is 16.5. The lowest BCUT2D eigenvalue weighted by Gasteiger charge is -2.17. The highest BCUT2D eigenvalue weighted by Gasteiger charge is 2.37. The molecule has 0 spiro atoms. The summed E-state index contributed by atoms with van der Waals surface area (Å²) in [6, 6.07) is 9.34. The molecule has 0 radical (unpaired) electrons. The van der Waals surface area contributed by atoms with Crippen LogP contribution in [0, 0.1) is 5.92 Å². The van der Waals surface area contributed by atoms with Crippen LogP contribution in [0.4, 0.5) is 18.9 Å². The molecule has 1 aliphatic carbocycles. The van der Waals surface area contributed by atoms with Gasteiger partial charge in [0, 0.05) is 24.6 Å². The number of halogens is 4. The van der Waals surface area contributed by atoms with Crippen molar-refractivity contribution in [2.75, 3.05) is 17.6 Å². The van der Waals surface area contributed by atoms with Gasteiger partial charge in [0.15, 0.2) is 11.5 Å². The lowest BCUT2D eigenvalue weighted by Crippen LogP contribution is -2.13. The van der Waals surface area contributed by atoms with E-state index < -0.39 is 27.6 Å². The van der Waals surface area contributed by atoms with Gasteiger partial charge in [-0.2, -0.15) is 18.2 Å². The number of allylic oxidation sites excluding steroid dienone is 2. The minimum atomic E-state index is -4.87. The van der Waals surface area contributed by atoms with Crippen LogP contribution in [0.3, 0.4) is 0 Å². The van der Waals surface area contributed by atoms with E-state index >= 15 is 0 Å². The van der Waals surface area contributed by atoms with Gasteiger partial charge in [-0.15, -0.1) is 0 Å². The summed E-state index contributed by atoms with van der Waals surface area (Å²) in [5, 5.41) is -0.125. The Kier molecular flexibility index (Phi) is 12.3. The van der Waals surface area contributed by atoms with Crippen LogP contribution in [0.25, 0.3) is 0 Å². The molecule has 1 aromatic heterocycles. The highest BCUT2D eigenvalue weighted by atomic mass is 35.5. The minimum absolute atomic E-state index is 0.0461. The van der Waals surface area contributed by atoms with Gasteiger partial charge < -0.3 is 9.47 Å². The molecule has 1 fully saturated rings. The summed E-state index contributed by atoms with van der Waals surface area (Å²) in [6.07, 6.45) is 6.19. The number of rotatable bonds is 13. The Morgan fingerprint density at radius 1 is 1.15 bits per heavy atom. The van der Waals surface area contributed by atoms with Gasteiger partial charge in [-0.1, -0.05) is 47.9 Å². The van der Waals surface area contributed by atoms with E-state index in [1.54, 1.807) is 18.2 Å². The maximum atomic E-state index is 13.9. The Labute approximate surface area is 278 Å². The second-order valence-corrected chi connectivity index (χ2v) is 13.7. The topological polar surface area (TPSA) is 107 Å². The number of Topliss-reactive ketones (excluding diaryl/α,β-unsaturated/α-hetero) is 1. The highest BCUT2D eigenvalue weighted by molar-refractivity contribution is 7.92. The van der Waals surface area contributed by atoms with Gasteiger partial charge in [0.2, 0.25) is 15.9 Å². The third kappa shape index (κ3) is 10.4. The first-order valence-corrected chi connectivity index (χ1v) is 17.8. The van der Waals surface area contributed by atoms with E-state index in [9.17, 15) is 26.4 Å². The number of sulfonamides is 1. The van der Waals surface area contributed by atoms with E-state index in [4.69, 9.17) is 21.1 Å². The number of ether oxygens (including phenoxy) is 2. The van der Waals surface area contributed by atoms with Crippen molar-refractivity contribution in [2.45, 2.75) is 77.8 Å². The lowest BCUT2D eigenvalue weighted by atomic mass is 9.92. The third-order valence-electron chi connectivity index (χ3n) is 8.05. The fourth-order valence-electron chi connectivity index (χ4n) is 5.59. The summed E-state index contributed by atoms with van der Waals surface area (Å²) in [6.45, 7) is 4.27. The number of aryl methyl sites for hydroxylation is 2. The van der Waals surface area contributed by atoms with E-state index in [0.717, 1.165) is 50.3 Å². The highest BCUT2D eigenvalue weighted by Crippen LogP contribution is 2.41. The van der Waals surface area contributed by atoms with Gasteiger partial charge in [0.25, 0.3) is 0 Å². The molecule has 0 amide bonds. The average molecular weight is 694 g/mol. The van der Waals surface area contributed by atoms with Crippen LogP contribution in [-0.2, 0) is 29.0 Å². The van der Waals surface area contributed by atoms with Gasteiger partial charge in [-0.05, 0) is 82.1 Å². The van der Waals surface area contributed by atoms with Crippen molar-refractivity contribution in [1.29, 1.82) is 0 Å². The van der Waals surface area contributed by atoms with Gasteiger partial charge in [0.05, 0.1) is 23.6 Å². The number of hydrogen-bond acceptors (Lipinski definition) is 7. The van der Waals surface area contributed by atoms with Crippen LogP contribution in [0.15, 0.2) is 54.2 Å². The molecule has 1 aliphatic rings. The molecule has 1 atom stereocenters.